The third kappa shape index (κ3) is 7.20. The molecule has 46 heavy (non-hydrogen) atoms. The molecule has 3 aromatic carbocycles. The lowest BCUT2D eigenvalue weighted by molar-refractivity contribution is -0.286. The molecule has 14 heteroatoms. The second-order valence-electron chi connectivity index (χ2n) is 11.0. The van der Waals surface area contributed by atoms with Crippen molar-refractivity contribution in [1.82, 2.24) is 15.1 Å². The average molecular weight is 639 g/mol. The molecule has 0 bridgehead atoms. The Morgan fingerprint density at radius 3 is 2.41 bits per heavy atom. The Bertz CT molecular complexity index is 1830. The highest BCUT2D eigenvalue weighted by atomic mass is 19.3. The molecule has 1 N–H and O–H groups in total. The van der Waals surface area contributed by atoms with Crippen LogP contribution in [0, 0.1) is 11.3 Å². The maximum Gasteiger partial charge on any atom is 0.586 e. The SMILES string of the molecule is CC(C)(C)OC(=O)c1ccc(OCc2c(C#N)c(C(F)F)nn2-c2cccc(C(=O)NCc3ccc4c(c3)OC(F)(F)O4)c2)cc1. The molecule has 0 aliphatic carbocycles. The van der Waals surface area contributed by atoms with E-state index in [2.05, 4.69) is 19.9 Å². The summed E-state index contributed by atoms with van der Waals surface area (Å²) >= 11 is 0. The number of fused-ring (bicyclic) bond motifs is 1. The van der Waals surface area contributed by atoms with E-state index in [0.717, 1.165) is 4.68 Å². The summed E-state index contributed by atoms with van der Waals surface area (Å²) in [5.41, 5.74) is -0.774. The molecule has 0 spiro atoms. The van der Waals surface area contributed by atoms with Crippen molar-refractivity contribution in [2.45, 2.75) is 52.2 Å². The first-order valence-electron chi connectivity index (χ1n) is 13.8. The number of halogens is 4. The topological polar surface area (TPSA) is 125 Å². The van der Waals surface area contributed by atoms with Gasteiger partial charge in [0, 0.05) is 12.1 Å². The number of aromatic nitrogens is 2. The Morgan fingerprint density at radius 2 is 1.74 bits per heavy atom. The van der Waals surface area contributed by atoms with E-state index in [0.29, 0.717) is 5.56 Å². The number of rotatable bonds is 9. The average Bonchev–Trinajstić information content (AvgIpc) is 3.53. The number of hydrogen-bond donors (Lipinski definition) is 1. The number of nitrogens with one attached hydrogen (secondary N) is 1. The van der Waals surface area contributed by atoms with Gasteiger partial charge in [0.2, 0.25) is 0 Å². The molecule has 5 rings (SSSR count). The third-order valence-electron chi connectivity index (χ3n) is 6.46. The van der Waals surface area contributed by atoms with Crippen molar-refractivity contribution in [2.24, 2.45) is 0 Å². The van der Waals surface area contributed by atoms with Crippen LogP contribution in [0.5, 0.6) is 17.2 Å². The van der Waals surface area contributed by atoms with Gasteiger partial charge in [-0.3, -0.25) is 4.79 Å². The van der Waals surface area contributed by atoms with Crippen LogP contribution in [-0.4, -0.2) is 33.6 Å². The molecule has 0 radical (unpaired) electrons. The molecule has 10 nitrogen and oxygen atoms in total. The first-order valence-corrected chi connectivity index (χ1v) is 13.8. The maximum atomic E-state index is 13.9. The van der Waals surface area contributed by atoms with E-state index in [4.69, 9.17) is 9.47 Å². The lowest BCUT2D eigenvalue weighted by atomic mass is 10.1. The first-order chi connectivity index (χ1) is 21.7. The number of amides is 1. The smallest absolute Gasteiger partial charge is 0.487 e. The second-order valence-corrected chi connectivity index (χ2v) is 11.0. The van der Waals surface area contributed by atoms with Crippen molar-refractivity contribution in [3.05, 3.63) is 100 Å². The molecule has 0 saturated carbocycles. The molecule has 0 fully saturated rings. The van der Waals surface area contributed by atoms with E-state index in [1.54, 1.807) is 26.8 Å². The Balaban J connectivity index is 1.34. The normalized spacial score (nSPS) is 13.3. The standard InChI is InChI=1S/C32H26F4N4O6/c1-31(2,3)46-30(42)19-8-10-22(11-9-19)43-17-24-23(15-37)27(28(33)34)39-40(24)21-6-4-5-20(14-21)29(41)38-16-18-7-12-25-26(13-18)45-32(35,36)44-25/h4-14,28H,16-17H2,1-3H3,(H,38,41). The van der Waals surface area contributed by atoms with Crippen LogP contribution < -0.4 is 19.5 Å². The largest absolute Gasteiger partial charge is 0.586 e. The van der Waals surface area contributed by atoms with Gasteiger partial charge in [0.25, 0.3) is 12.3 Å². The Kier molecular flexibility index (Phi) is 8.60. The van der Waals surface area contributed by atoms with Crippen LogP contribution in [-0.2, 0) is 17.9 Å². The minimum Gasteiger partial charge on any atom is -0.487 e. The number of carbonyl (C=O) groups excluding carboxylic acids is 2. The lowest BCUT2D eigenvalue weighted by Crippen LogP contribution is -2.26. The van der Waals surface area contributed by atoms with Gasteiger partial charge < -0.3 is 24.3 Å². The first kappa shape index (κ1) is 31.8. The molecule has 1 aromatic heterocycles. The summed E-state index contributed by atoms with van der Waals surface area (Å²) in [6, 6.07) is 17.7. The molecule has 2 heterocycles. The zero-order chi connectivity index (χ0) is 33.2. The summed E-state index contributed by atoms with van der Waals surface area (Å²) in [4.78, 5) is 25.3. The predicted molar refractivity (Wildman–Crippen MR) is 153 cm³/mol. The molecular weight excluding hydrogens is 612 g/mol. The number of nitriles is 1. The maximum absolute atomic E-state index is 13.9. The zero-order valence-corrected chi connectivity index (χ0v) is 24.6. The Labute approximate surface area is 260 Å². The van der Waals surface area contributed by atoms with Crippen LogP contribution in [0.2, 0.25) is 0 Å². The van der Waals surface area contributed by atoms with Crippen molar-refractivity contribution in [3.8, 4) is 29.0 Å². The van der Waals surface area contributed by atoms with Crippen molar-refractivity contribution >= 4 is 11.9 Å². The number of alkyl halides is 4. The van der Waals surface area contributed by atoms with Crippen LogP contribution >= 0.6 is 0 Å². The number of benzene rings is 3. The zero-order valence-electron chi connectivity index (χ0n) is 24.6. The highest BCUT2D eigenvalue weighted by Gasteiger charge is 2.43. The minimum absolute atomic E-state index is 0.00346. The number of nitrogens with zero attached hydrogens (tertiary/aromatic N) is 3. The summed E-state index contributed by atoms with van der Waals surface area (Å²) in [6.45, 7) is 4.81. The van der Waals surface area contributed by atoms with Gasteiger partial charge in [-0.2, -0.15) is 10.4 Å². The van der Waals surface area contributed by atoms with Gasteiger partial charge in [-0.1, -0.05) is 12.1 Å². The van der Waals surface area contributed by atoms with E-state index in [1.807, 2.05) is 0 Å². The van der Waals surface area contributed by atoms with Crippen LogP contribution in [0.1, 0.15) is 70.4 Å². The number of carbonyl (C=O) groups is 2. The quantitative estimate of drug-likeness (QED) is 0.164. The molecule has 1 aliphatic heterocycles. The van der Waals surface area contributed by atoms with Crippen LogP contribution in [0.3, 0.4) is 0 Å². The van der Waals surface area contributed by atoms with Crippen molar-refractivity contribution in [2.75, 3.05) is 0 Å². The lowest BCUT2D eigenvalue weighted by Gasteiger charge is -2.19. The predicted octanol–water partition coefficient (Wildman–Crippen LogP) is 6.47. The monoisotopic (exact) mass is 638 g/mol. The molecule has 4 aromatic rings. The van der Waals surface area contributed by atoms with Gasteiger partial charge in [-0.25, -0.2) is 18.3 Å². The molecule has 0 unspecified atom stereocenters. The highest BCUT2D eigenvalue weighted by molar-refractivity contribution is 5.94. The molecule has 1 amide bonds. The fraction of sp³-hybridized carbons (Fsp3) is 0.250. The van der Waals surface area contributed by atoms with Gasteiger partial charge in [0.15, 0.2) is 11.5 Å². The summed E-state index contributed by atoms with van der Waals surface area (Å²) in [7, 11) is 0. The summed E-state index contributed by atoms with van der Waals surface area (Å²) in [6.07, 6.45) is -6.85. The van der Waals surface area contributed by atoms with Crippen molar-refractivity contribution in [3.63, 3.8) is 0 Å². The summed E-state index contributed by atoms with van der Waals surface area (Å²) in [5.74, 6) is -1.12. The third-order valence-corrected chi connectivity index (χ3v) is 6.46. The molecule has 1 aliphatic rings. The number of esters is 1. The highest BCUT2D eigenvalue weighted by Crippen LogP contribution is 2.41. The van der Waals surface area contributed by atoms with Gasteiger partial charge in [-0.05, 0) is 80.9 Å². The van der Waals surface area contributed by atoms with Crippen LogP contribution in [0.15, 0.2) is 66.7 Å². The van der Waals surface area contributed by atoms with Crippen LogP contribution in [0.25, 0.3) is 5.69 Å². The van der Waals surface area contributed by atoms with E-state index < -0.39 is 35.9 Å². The van der Waals surface area contributed by atoms with E-state index >= 15 is 0 Å². The molecule has 0 atom stereocenters. The molecule has 238 valence electrons. The van der Waals surface area contributed by atoms with Gasteiger partial charge >= 0.3 is 12.3 Å². The fourth-order valence-electron chi connectivity index (χ4n) is 4.44. The summed E-state index contributed by atoms with van der Waals surface area (Å²) < 4.78 is 75.4. The van der Waals surface area contributed by atoms with E-state index in [-0.39, 0.29) is 58.5 Å². The number of ether oxygens (including phenoxy) is 4. The fourth-order valence-corrected chi connectivity index (χ4v) is 4.44. The van der Waals surface area contributed by atoms with Crippen molar-refractivity contribution < 1.29 is 46.1 Å². The van der Waals surface area contributed by atoms with Crippen molar-refractivity contribution in [1.29, 1.82) is 5.26 Å². The molecular formula is C32H26F4N4O6. The Hall–Kier alpha value is -5.58. The second kappa shape index (κ2) is 12.4. The summed E-state index contributed by atoms with van der Waals surface area (Å²) in [5, 5.41) is 16.4. The van der Waals surface area contributed by atoms with Gasteiger partial charge in [-0.15, -0.1) is 8.78 Å². The van der Waals surface area contributed by atoms with Gasteiger partial charge in [0.05, 0.1) is 16.9 Å². The Morgan fingerprint density at radius 1 is 1.02 bits per heavy atom. The molecule has 0 saturated heterocycles. The van der Waals surface area contributed by atoms with Gasteiger partial charge in [0.1, 0.15) is 35.3 Å². The minimum atomic E-state index is -3.77. The number of hydrogen-bond acceptors (Lipinski definition) is 8. The van der Waals surface area contributed by atoms with Crippen LogP contribution in [0.4, 0.5) is 17.6 Å². The van der Waals surface area contributed by atoms with E-state index in [1.165, 1.54) is 66.7 Å². The van der Waals surface area contributed by atoms with E-state index in [9.17, 15) is 32.4 Å².